The average molecular weight is 471 g/mol. The van der Waals surface area contributed by atoms with E-state index in [1.54, 1.807) is 30.3 Å². The first-order valence-electron chi connectivity index (χ1n) is 9.51. The van der Waals surface area contributed by atoms with Crippen LogP contribution in [0, 0.1) is 0 Å². The van der Waals surface area contributed by atoms with Crippen molar-refractivity contribution in [2.75, 3.05) is 5.32 Å². The number of hydrogen-bond donors (Lipinski definition) is 2. The predicted molar refractivity (Wildman–Crippen MR) is 114 cm³/mol. The van der Waals surface area contributed by atoms with Gasteiger partial charge < -0.3 is 15.4 Å². The van der Waals surface area contributed by atoms with Gasteiger partial charge in [-0.1, -0.05) is 41.9 Å². The second kappa shape index (κ2) is 10.0. The SMILES string of the molecule is CC(C)(C)OC(=O)NC(CC(F)(F)F)C(=O)Nc1ccc(Cl)cc1C(=O)c1ccccc1. The van der Waals surface area contributed by atoms with E-state index >= 15 is 0 Å². The predicted octanol–water partition coefficient (Wildman–Crippen LogP) is 5.36. The van der Waals surface area contributed by atoms with Gasteiger partial charge in [0.2, 0.25) is 5.91 Å². The lowest BCUT2D eigenvalue weighted by molar-refractivity contribution is -0.147. The summed E-state index contributed by atoms with van der Waals surface area (Å²) in [6.45, 7) is 4.59. The highest BCUT2D eigenvalue weighted by molar-refractivity contribution is 6.31. The molecule has 6 nitrogen and oxygen atoms in total. The van der Waals surface area contributed by atoms with Crippen molar-refractivity contribution in [2.24, 2.45) is 0 Å². The molecule has 0 bridgehead atoms. The second-order valence-corrected chi connectivity index (χ2v) is 8.33. The van der Waals surface area contributed by atoms with E-state index in [0.29, 0.717) is 5.56 Å². The van der Waals surface area contributed by atoms with Crippen LogP contribution in [0.25, 0.3) is 0 Å². The molecule has 10 heteroatoms. The summed E-state index contributed by atoms with van der Waals surface area (Å²) in [5.74, 6) is -1.66. The highest BCUT2D eigenvalue weighted by Crippen LogP contribution is 2.26. The van der Waals surface area contributed by atoms with Crippen LogP contribution in [0.15, 0.2) is 48.5 Å². The summed E-state index contributed by atoms with van der Waals surface area (Å²) in [6.07, 6.45) is -7.56. The summed E-state index contributed by atoms with van der Waals surface area (Å²) in [6, 6.07) is 10.1. The number of carbonyl (C=O) groups excluding carboxylic acids is 3. The maximum Gasteiger partial charge on any atom is 0.408 e. The molecule has 1 unspecified atom stereocenters. The van der Waals surface area contributed by atoms with E-state index in [2.05, 4.69) is 5.32 Å². The molecule has 0 radical (unpaired) electrons. The molecule has 2 amide bonds. The van der Waals surface area contributed by atoms with E-state index in [1.165, 1.54) is 39.0 Å². The zero-order valence-electron chi connectivity index (χ0n) is 17.5. The number of rotatable bonds is 6. The Labute approximate surface area is 188 Å². The molecule has 2 rings (SSSR count). The highest BCUT2D eigenvalue weighted by atomic mass is 35.5. The van der Waals surface area contributed by atoms with Gasteiger partial charge in [0.1, 0.15) is 11.6 Å². The van der Waals surface area contributed by atoms with Crippen molar-refractivity contribution in [3.05, 3.63) is 64.7 Å². The number of alkyl carbamates (subject to hydrolysis) is 1. The van der Waals surface area contributed by atoms with Gasteiger partial charge in [0.15, 0.2) is 5.78 Å². The summed E-state index contributed by atoms with van der Waals surface area (Å²) in [5.41, 5.74) is -0.745. The highest BCUT2D eigenvalue weighted by Gasteiger charge is 2.37. The Morgan fingerprint density at radius 1 is 1.03 bits per heavy atom. The Morgan fingerprint density at radius 2 is 1.66 bits per heavy atom. The molecular weight excluding hydrogens is 449 g/mol. The Bertz CT molecular complexity index is 989. The topological polar surface area (TPSA) is 84.5 Å². The van der Waals surface area contributed by atoms with Gasteiger partial charge in [-0.05, 0) is 39.0 Å². The molecule has 0 aliphatic carbocycles. The molecule has 32 heavy (non-hydrogen) atoms. The maximum absolute atomic E-state index is 13.0. The van der Waals surface area contributed by atoms with Crippen LogP contribution >= 0.6 is 11.6 Å². The summed E-state index contributed by atoms with van der Waals surface area (Å²) < 4.78 is 44.0. The number of carbonyl (C=O) groups is 3. The monoisotopic (exact) mass is 470 g/mol. The normalized spacial score (nSPS) is 12.6. The fourth-order valence-corrected chi connectivity index (χ4v) is 2.84. The van der Waals surface area contributed by atoms with E-state index in [1.807, 2.05) is 5.32 Å². The Hall–Kier alpha value is -3.07. The van der Waals surface area contributed by atoms with Gasteiger partial charge in [0, 0.05) is 16.1 Å². The molecule has 2 aromatic carbocycles. The summed E-state index contributed by atoms with van der Waals surface area (Å²) >= 11 is 5.98. The second-order valence-electron chi connectivity index (χ2n) is 7.89. The van der Waals surface area contributed by atoms with E-state index in [4.69, 9.17) is 16.3 Å². The third-order valence-electron chi connectivity index (χ3n) is 3.96. The number of anilines is 1. The molecule has 172 valence electrons. The number of halogens is 4. The van der Waals surface area contributed by atoms with Crippen molar-refractivity contribution in [2.45, 2.75) is 45.0 Å². The minimum absolute atomic E-state index is 0.0138. The zero-order chi connectivity index (χ0) is 24.1. The van der Waals surface area contributed by atoms with Gasteiger partial charge in [0.25, 0.3) is 0 Å². The van der Waals surface area contributed by atoms with Crippen LogP contribution < -0.4 is 10.6 Å². The first-order chi connectivity index (χ1) is 14.7. The molecule has 1 atom stereocenters. The average Bonchev–Trinajstić information content (AvgIpc) is 2.66. The van der Waals surface area contributed by atoms with Gasteiger partial charge >= 0.3 is 12.3 Å². The molecule has 0 fully saturated rings. The number of hydrogen-bond acceptors (Lipinski definition) is 4. The molecule has 0 aliphatic heterocycles. The number of ketones is 1. The van der Waals surface area contributed by atoms with Crippen LogP contribution in [0.2, 0.25) is 5.02 Å². The van der Waals surface area contributed by atoms with Crippen LogP contribution in [0.3, 0.4) is 0 Å². The molecule has 0 aromatic heterocycles. The van der Waals surface area contributed by atoms with E-state index in [0.717, 1.165) is 0 Å². The third kappa shape index (κ3) is 7.88. The Kier molecular flexibility index (Phi) is 7.90. The van der Waals surface area contributed by atoms with Crippen LogP contribution in [-0.4, -0.2) is 35.6 Å². The molecule has 2 N–H and O–H groups in total. The fraction of sp³-hybridized carbons (Fsp3) is 0.318. The van der Waals surface area contributed by atoms with Gasteiger partial charge in [0.05, 0.1) is 12.1 Å². The van der Waals surface area contributed by atoms with Crippen molar-refractivity contribution in [3.8, 4) is 0 Å². The number of nitrogens with one attached hydrogen (secondary N) is 2. The summed E-state index contributed by atoms with van der Waals surface area (Å²) in [5, 5.41) is 4.42. The Balaban J connectivity index is 2.30. The van der Waals surface area contributed by atoms with Crippen LogP contribution in [0.5, 0.6) is 0 Å². The first-order valence-corrected chi connectivity index (χ1v) is 9.89. The molecule has 0 spiro atoms. The summed E-state index contributed by atoms with van der Waals surface area (Å²) in [7, 11) is 0. The standard InChI is InChI=1S/C22H22ClF3N2O4/c1-21(2,3)32-20(31)28-17(12-22(24,25)26)19(30)27-16-10-9-14(23)11-15(16)18(29)13-7-5-4-6-8-13/h4-11,17H,12H2,1-3H3,(H,27,30)(H,28,31). The first kappa shape index (κ1) is 25.2. The molecule has 0 aliphatic rings. The van der Waals surface area contributed by atoms with Crippen LogP contribution in [0.1, 0.15) is 43.1 Å². The van der Waals surface area contributed by atoms with Gasteiger partial charge in [-0.25, -0.2) is 4.79 Å². The maximum atomic E-state index is 13.0. The van der Waals surface area contributed by atoms with Crippen molar-refractivity contribution < 1.29 is 32.3 Å². The molecule has 0 heterocycles. The number of amides is 2. The minimum atomic E-state index is -4.75. The number of alkyl halides is 3. The largest absolute Gasteiger partial charge is 0.444 e. The third-order valence-corrected chi connectivity index (χ3v) is 4.20. The number of benzene rings is 2. The smallest absolute Gasteiger partial charge is 0.408 e. The quantitative estimate of drug-likeness (QED) is 0.557. The lowest BCUT2D eigenvalue weighted by Gasteiger charge is -2.24. The lowest BCUT2D eigenvalue weighted by Crippen LogP contribution is -2.48. The van der Waals surface area contributed by atoms with E-state index < -0.39 is 42.0 Å². The van der Waals surface area contributed by atoms with Crippen molar-refractivity contribution in [3.63, 3.8) is 0 Å². The van der Waals surface area contributed by atoms with Gasteiger partial charge in [-0.3, -0.25) is 9.59 Å². The van der Waals surface area contributed by atoms with Crippen LogP contribution in [-0.2, 0) is 9.53 Å². The van der Waals surface area contributed by atoms with Crippen LogP contribution in [0.4, 0.5) is 23.7 Å². The fourth-order valence-electron chi connectivity index (χ4n) is 2.67. The van der Waals surface area contributed by atoms with Crippen molar-refractivity contribution >= 4 is 35.1 Å². The summed E-state index contributed by atoms with van der Waals surface area (Å²) in [4.78, 5) is 37.5. The molecule has 2 aromatic rings. The number of ether oxygens (including phenoxy) is 1. The minimum Gasteiger partial charge on any atom is -0.444 e. The Morgan fingerprint density at radius 3 is 2.22 bits per heavy atom. The van der Waals surface area contributed by atoms with Gasteiger partial charge in [-0.15, -0.1) is 0 Å². The van der Waals surface area contributed by atoms with E-state index in [9.17, 15) is 27.6 Å². The molecule has 0 saturated carbocycles. The van der Waals surface area contributed by atoms with Crippen molar-refractivity contribution in [1.29, 1.82) is 0 Å². The van der Waals surface area contributed by atoms with E-state index in [-0.39, 0.29) is 16.3 Å². The van der Waals surface area contributed by atoms with Gasteiger partial charge in [-0.2, -0.15) is 13.2 Å². The molecular formula is C22H22ClF3N2O4. The molecule has 0 saturated heterocycles. The zero-order valence-corrected chi connectivity index (χ0v) is 18.3. The lowest BCUT2D eigenvalue weighted by atomic mass is 10.0. The van der Waals surface area contributed by atoms with Crippen molar-refractivity contribution in [1.82, 2.24) is 5.32 Å².